The number of hydrogen-bond donors (Lipinski definition) is 1. The number of pyridine rings is 1. The Hall–Kier alpha value is -2.53. The zero-order chi connectivity index (χ0) is 18.7. The molecule has 1 aromatic carbocycles. The number of aliphatic hydroxyl groups is 1. The molecule has 0 radical (unpaired) electrons. The summed E-state index contributed by atoms with van der Waals surface area (Å²) in [5, 5.41) is 11.4. The molecule has 134 valence electrons. The molecule has 2 aliphatic heterocycles. The first-order valence-corrected chi connectivity index (χ1v) is 8.90. The summed E-state index contributed by atoms with van der Waals surface area (Å²) in [7, 11) is 0. The molecule has 4 rings (SSSR count). The zero-order valence-corrected chi connectivity index (χ0v) is 15.2. The number of nitrogens with zero attached hydrogens (tertiary/aromatic N) is 2. The average Bonchev–Trinajstić information content (AvgIpc) is 2.83. The second-order valence-corrected chi connectivity index (χ2v) is 7.98. The number of aromatic nitrogens is 1. The Morgan fingerprint density at radius 1 is 1.27 bits per heavy atom. The predicted octanol–water partition coefficient (Wildman–Crippen LogP) is 3.17. The molecule has 2 aromatic rings. The Kier molecular flexibility index (Phi) is 3.57. The number of hydrogen-bond acceptors (Lipinski definition) is 4. The number of rotatable bonds is 3. The van der Waals surface area contributed by atoms with Gasteiger partial charge in [0.2, 0.25) is 0 Å². The molecule has 0 bridgehead atoms. The van der Waals surface area contributed by atoms with Crippen molar-refractivity contribution >= 4 is 17.4 Å². The van der Waals surface area contributed by atoms with Gasteiger partial charge in [0, 0.05) is 17.3 Å². The second kappa shape index (κ2) is 5.48. The molecule has 0 spiro atoms. The number of carbonyl (C=O) groups excluding carboxylic acids is 2. The number of carbonyl (C=O) groups is 2. The van der Waals surface area contributed by atoms with Crippen molar-refractivity contribution in [3.05, 3.63) is 59.4 Å². The van der Waals surface area contributed by atoms with Crippen LogP contribution in [0.15, 0.2) is 42.6 Å². The number of para-hydroxylation sites is 1. The molecule has 5 heteroatoms. The van der Waals surface area contributed by atoms with Crippen molar-refractivity contribution in [3.8, 4) is 0 Å². The van der Waals surface area contributed by atoms with Gasteiger partial charge in [-0.25, -0.2) is 0 Å². The largest absolute Gasteiger partial charge is 0.375 e. The van der Waals surface area contributed by atoms with E-state index in [0.29, 0.717) is 5.56 Å². The van der Waals surface area contributed by atoms with Gasteiger partial charge in [-0.15, -0.1) is 0 Å². The van der Waals surface area contributed by atoms with Crippen molar-refractivity contribution < 1.29 is 14.7 Å². The van der Waals surface area contributed by atoms with Crippen molar-refractivity contribution in [1.82, 2.24) is 4.98 Å². The van der Waals surface area contributed by atoms with Crippen LogP contribution in [0.4, 0.5) is 5.69 Å². The number of Topliss-reactive ketones (excluding diaryl/α,β-unsaturated/α-hetero) is 1. The molecular formula is C21H22N2O3. The van der Waals surface area contributed by atoms with Crippen molar-refractivity contribution in [2.75, 3.05) is 4.90 Å². The van der Waals surface area contributed by atoms with Crippen LogP contribution in [0.2, 0.25) is 0 Å². The lowest BCUT2D eigenvalue weighted by atomic mass is 9.80. The Labute approximate surface area is 152 Å². The second-order valence-electron chi connectivity index (χ2n) is 7.98. The average molecular weight is 350 g/mol. The van der Waals surface area contributed by atoms with Crippen molar-refractivity contribution in [2.24, 2.45) is 0 Å². The summed E-state index contributed by atoms with van der Waals surface area (Å²) in [5.74, 6) is -0.483. The van der Waals surface area contributed by atoms with Crippen molar-refractivity contribution in [2.45, 2.75) is 50.7 Å². The van der Waals surface area contributed by atoms with E-state index in [1.165, 1.54) is 6.20 Å². The summed E-state index contributed by atoms with van der Waals surface area (Å²) >= 11 is 0. The minimum atomic E-state index is -1.85. The van der Waals surface area contributed by atoms with Gasteiger partial charge in [-0.05, 0) is 43.9 Å². The highest BCUT2D eigenvalue weighted by molar-refractivity contribution is 6.12. The van der Waals surface area contributed by atoms with Gasteiger partial charge in [0.05, 0.1) is 12.1 Å². The standard InChI is InChI=1S/C21H22N2O3/c1-13-11-20(2,3)23-18-14(13)7-6-8-15(18)21(26,19(23)25)12-17(24)16-9-4-5-10-22-16/h4-10,13,26H,11-12H2,1-3H3. The first-order chi connectivity index (χ1) is 12.3. The zero-order valence-electron chi connectivity index (χ0n) is 15.2. The van der Waals surface area contributed by atoms with Crippen LogP contribution in [-0.2, 0) is 10.4 Å². The summed E-state index contributed by atoms with van der Waals surface area (Å²) in [4.78, 5) is 31.7. The molecule has 2 aliphatic rings. The van der Waals surface area contributed by atoms with E-state index in [1.54, 1.807) is 29.2 Å². The number of amides is 1. The quantitative estimate of drug-likeness (QED) is 0.863. The molecule has 26 heavy (non-hydrogen) atoms. The fourth-order valence-corrected chi connectivity index (χ4v) is 4.49. The van der Waals surface area contributed by atoms with Crippen LogP contribution >= 0.6 is 0 Å². The highest BCUT2D eigenvalue weighted by atomic mass is 16.3. The summed E-state index contributed by atoms with van der Waals surface area (Å²) in [5.41, 5.74) is 0.351. The first-order valence-electron chi connectivity index (χ1n) is 8.90. The highest BCUT2D eigenvalue weighted by Crippen LogP contribution is 2.54. The van der Waals surface area contributed by atoms with E-state index in [-0.39, 0.29) is 23.8 Å². The third-order valence-electron chi connectivity index (χ3n) is 5.60. The van der Waals surface area contributed by atoms with E-state index in [1.807, 2.05) is 26.0 Å². The van der Waals surface area contributed by atoms with Gasteiger partial charge in [0.1, 0.15) is 5.69 Å². The lowest BCUT2D eigenvalue weighted by Crippen LogP contribution is -2.53. The maximum absolute atomic E-state index is 13.3. The van der Waals surface area contributed by atoms with Gasteiger partial charge in [-0.1, -0.05) is 31.2 Å². The van der Waals surface area contributed by atoms with Crippen LogP contribution in [0.5, 0.6) is 0 Å². The number of ketones is 1. The minimum absolute atomic E-state index is 0.257. The van der Waals surface area contributed by atoms with Crippen LogP contribution in [0.3, 0.4) is 0 Å². The molecule has 1 N–H and O–H groups in total. The van der Waals surface area contributed by atoms with Gasteiger partial charge < -0.3 is 10.0 Å². The molecule has 0 fully saturated rings. The van der Waals surface area contributed by atoms with Gasteiger partial charge >= 0.3 is 0 Å². The lowest BCUT2D eigenvalue weighted by Gasteiger charge is -2.43. The number of anilines is 1. The molecule has 0 saturated carbocycles. The fourth-order valence-electron chi connectivity index (χ4n) is 4.49. The van der Waals surface area contributed by atoms with Crippen LogP contribution in [0, 0.1) is 0 Å². The number of benzene rings is 1. The van der Waals surface area contributed by atoms with Gasteiger partial charge in [-0.2, -0.15) is 0 Å². The predicted molar refractivity (Wildman–Crippen MR) is 98.1 cm³/mol. The van der Waals surface area contributed by atoms with Crippen LogP contribution in [0.25, 0.3) is 0 Å². The maximum Gasteiger partial charge on any atom is 0.264 e. The molecule has 2 unspecified atom stereocenters. The van der Waals surface area contributed by atoms with Gasteiger partial charge in [-0.3, -0.25) is 14.6 Å². The van der Waals surface area contributed by atoms with Crippen molar-refractivity contribution in [3.63, 3.8) is 0 Å². The molecule has 3 heterocycles. The van der Waals surface area contributed by atoms with E-state index in [0.717, 1.165) is 17.7 Å². The normalized spacial score (nSPS) is 25.9. The van der Waals surface area contributed by atoms with Crippen LogP contribution in [-0.4, -0.2) is 27.3 Å². The summed E-state index contributed by atoms with van der Waals surface area (Å²) in [6.45, 7) is 6.15. The van der Waals surface area contributed by atoms with Crippen molar-refractivity contribution in [1.29, 1.82) is 0 Å². The Morgan fingerprint density at radius 2 is 2.04 bits per heavy atom. The summed E-state index contributed by atoms with van der Waals surface area (Å²) < 4.78 is 0. The topological polar surface area (TPSA) is 70.5 Å². The lowest BCUT2D eigenvalue weighted by molar-refractivity contribution is -0.137. The molecule has 1 amide bonds. The van der Waals surface area contributed by atoms with E-state index in [9.17, 15) is 14.7 Å². The van der Waals surface area contributed by atoms with E-state index in [2.05, 4.69) is 11.9 Å². The first kappa shape index (κ1) is 16.9. The molecule has 0 aliphatic carbocycles. The molecule has 5 nitrogen and oxygen atoms in total. The Bertz CT molecular complexity index is 907. The van der Waals surface area contributed by atoms with Gasteiger partial charge in [0.15, 0.2) is 11.4 Å². The minimum Gasteiger partial charge on any atom is -0.375 e. The van der Waals surface area contributed by atoms with Crippen LogP contribution in [0.1, 0.15) is 61.1 Å². The monoisotopic (exact) mass is 350 g/mol. The maximum atomic E-state index is 13.3. The smallest absolute Gasteiger partial charge is 0.264 e. The van der Waals surface area contributed by atoms with Gasteiger partial charge in [0.25, 0.3) is 5.91 Å². The van der Waals surface area contributed by atoms with E-state index < -0.39 is 17.0 Å². The Balaban J connectivity index is 1.83. The third-order valence-corrected chi connectivity index (χ3v) is 5.60. The third kappa shape index (κ3) is 2.23. The Morgan fingerprint density at radius 3 is 2.73 bits per heavy atom. The fraction of sp³-hybridized carbons (Fsp3) is 0.381. The molecule has 1 aromatic heterocycles. The van der Waals surface area contributed by atoms with Crippen LogP contribution < -0.4 is 4.90 Å². The van der Waals surface area contributed by atoms with E-state index >= 15 is 0 Å². The molecular weight excluding hydrogens is 328 g/mol. The highest BCUT2D eigenvalue weighted by Gasteiger charge is 2.57. The molecule has 2 atom stereocenters. The SMILES string of the molecule is CC1CC(C)(C)N2C(=O)C(O)(CC(=O)c3ccccn3)c3cccc1c32. The summed E-state index contributed by atoms with van der Waals surface area (Å²) in [6.07, 6.45) is 2.03. The van der Waals surface area contributed by atoms with E-state index in [4.69, 9.17) is 0 Å². The molecule has 0 saturated heterocycles. The summed E-state index contributed by atoms with van der Waals surface area (Å²) in [6, 6.07) is 10.7.